The van der Waals surface area contributed by atoms with Crippen LogP contribution in [0.3, 0.4) is 0 Å². The molecule has 0 aliphatic carbocycles. The molecule has 0 bridgehead atoms. The molecule has 0 fully saturated rings. The molecule has 0 spiro atoms. The number of aryl methyl sites for hydroxylation is 2. The van der Waals surface area contributed by atoms with Crippen molar-refractivity contribution in [3.8, 4) is 11.5 Å². The van der Waals surface area contributed by atoms with Crippen molar-refractivity contribution >= 4 is 15.6 Å². The Kier molecular flexibility index (Phi) is 26.3. The topological polar surface area (TPSA) is 139 Å². The number of para-hydroxylation sites is 2. The van der Waals surface area contributed by atoms with Crippen LogP contribution in [0, 0.1) is 0 Å². The summed E-state index contributed by atoms with van der Waals surface area (Å²) in [5.74, 6) is 0.466. The van der Waals surface area contributed by atoms with E-state index < -0.39 is 15.6 Å². The van der Waals surface area contributed by atoms with Gasteiger partial charge in [-0.2, -0.15) is 0 Å². The maximum absolute atomic E-state index is 10.8. The van der Waals surface area contributed by atoms with Crippen LogP contribution in [0.4, 0.5) is 0 Å². The predicted molar refractivity (Wildman–Crippen MR) is 148 cm³/mol. The smallest absolute Gasteiger partial charge is 0.746 e. The van der Waals surface area contributed by atoms with Crippen LogP contribution >= 0.6 is 15.6 Å². The van der Waals surface area contributed by atoms with Crippen LogP contribution < -0.4 is 77.9 Å². The van der Waals surface area contributed by atoms with E-state index in [-0.39, 0.29) is 70.6 Å². The van der Waals surface area contributed by atoms with Crippen molar-refractivity contribution in [2.75, 3.05) is 0 Å². The van der Waals surface area contributed by atoms with Crippen molar-refractivity contribution in [3.63, 3.8) is 0 Å². The number of rotatable bonds is 18. The quantitative estimate of drug-likeness (QED) is 0.143. The van der Waals surface area contributed by atoms with Gasteiger partial charge in [-0.05, 0) is 48.9 Å². The average Bonchev–Trinajstić information content (AvgIpc) is 2.84. The van der Waals surface area contributed by atoms with Gasteiger partial charge in [0.05, 0.1) is 0 Å². The SMILES string of the molecule is CCCCCCCCc1ccccc1OP(=O)([O-])O.CCCCCCCCc1ccccc1OP(=O)([O-])O.[Na+].[Na+]. The molecule has 0 saturated carbocycles. The van der Waals surface area contributed by atoms with E-state index in [2.05, 4.69) is 22.9 Å². The molecular weight excluding hydrogens is 572 g/mol. The summed E-state index contributed by atoms with van der Waals surface area (Å²) in [4.78, 5) is 39.0. The second kappa shape index (κ2) is 24.7. The number of benzene rings is 2. The summed E-state index contributed by atoms with van der Waals surface area (Å²) in [5, 5.41) is 0. The minimum atomic E-state index is -4.72. The molecule has 216 valence electrons. The second-order valence-corrected chi connectivity index (χ2v) is 11.6. The molecule has 0 aliphatic heterocycles. The number of phosphoric ester groups is 2. The Balaban J connectivity index is 0. The fraction of sp³-hybridized carbons (Fsp3) is 0.571. The summed E-state index contributed by atoms with van der Waals surface area (Å²) in [6, 6.07) is 13.8. The van der Waals surface area contributed by atoms with Crippen LogP contribution in [0.5, 0.6) is 11.5 Å². The van der Waals surface area contributed by atoms with Crippen LogP contribution in [0.1, 0.15) is 102 Å². The summed E-state index contributed by atoms with van der Waals surface area (Å²) >= 11 is 0. The van der Waals surface area contributed by atoms with Gasteiger partial charge in [0.25, 0.3) is 0 Å². The van der Waals surface area contributed by atoms with E-state index in [9.17, 15) is 18.9 Å². The Morgan fingerprint density at radius 2 is 0.875 bits per heavy atom. The molecule has 0 aromatic heterocycles. The molecule has 2 rings (SSSR count). The van der Waals surface area contributed by atoms with Gasteiger partial charge in [0.2, 0.25) is 0 Å². The molecule has 12 heteroatoms. The first-order valence-electron chi connectivity index (χ1n) is 13.7. The molecule has 2 atom stereocenters. The maximum Gasteiger partial charge on any atom is 1.00 e. The molecule has 2 aromatic carbocycles. The van der Waals surface area contributed by atoms with E-state index in [1.54, 1.807) is 24.3 Å². The molecule has 2 N–H and O–H groups in total. The van der Waals surface area contributed by atoms with Gasteiger partial charge < -0.3 is 28.6 Å². The number of hydrogen-bond donors (Lipinski definition) is 2. The summed E-state index contributed by atoms with van der Waals surface area (Å²) in [5.41, 5.74) is 1.64. The Labute approximate surface area is 285 Å². The van der Waals surface area contributed by atoms with Crippen LogP contribution in [0.15, 0.2) is 48.5 Å². The van der Waals surface area contributed by atoms with Crippen molar-refractivity contribution in [2.24, 2.45) is 0 Å². The zero-order chi connectivity index (χ0) is 28.3. The van der Waals surface area contributed by atoms with Crippen molar-refractivity contribution in [2.45, 2.75) is 104 Å². The Morgan fingerprint density at radius 1 is 0.575 bits per heavy atom. The average molecular weight is 617 g/mol. The van der Waals surface area contributed by atoms with Crippen molar-refractivity contribution in [3.05, 3.63) is 59.7 Å². The Hall–Kier alpha value is 0.340. The molecule has 0 saturated heterocycles. The first-order chi connectivity index (χ1) is 18.1. The fourth-order valence-corrected chi connectivity index (χ4v) is 4.89. The van der Waals surface area contributed by atoms with Gasteiger partial charge in [-0.25, -0.2) is 0 Å². The maximum atomic E-state index is 10.8. The molecule has 0 aliphatic rings. The largest absolute Gasteiger partial charge is 1.00 e. The summed E-state index contributed by atoms with van der Waals surface area (Å²) < 4.78 is 30.7. The van der Waals surface area contributed by atoms with Gasteiger partial charge in [0, 0.05) is 0 Å². The van der Waals surface area contributed by atoms with Gasteiger partial charge in [-0.3, -0.25) is 9.13 Å². The first-order valence-corrected chi connectivity index (χ1v) is 16.7. The van der Waals surface area contributed by atoms with Crippen molar-refractivity contribution in [1.29, 1.82) is 0 Å². The number of hydrogen-bond acceptors (Lipinski definition) is 6. The Bertz CT molecular complexity index is 918. The standard InChI is InChI=1S/2C14H23O4P.2Na/c2*1-2-3-4-5-6-7-10-13-11-8-9-12-14(13)18-19(15,16)17;;/h2*8-9,11-12H,2-7,10H2,1H3,(H2,15,16,17);;/q;;2*+1/p-2. The molecule has 0 amide bonds. The monoisotopic (exact) mass is 616 g/mol. The normalized spacial score (nSPS) is 13.3. The zero-order valence-corrected chi connectivity index (χ0v) is 30.5. The van der Waals surface area contributed by atoms with Crippen LogP contribution in [-0.2, 0) is 22.0 Å². The predicted octanol–water partition coefficient (Wildman–Crippen LogP) is 0.866. The number of phosphoric acid groups is 2. The zero-order valence-electron chi connectivity index (χ0n) is 24.8. The Morgan fingerprint density at radius 3 is 1.20 bits per heavy atom. The molecule has 0 radical (unpaired) electrons. The van der Waals surface area contributed by atoms with E-state index in [0.29, 0.717) is 0 Å². The van der Waals surface area contributed by atoms with E-state index in [4.69, 9.17) is 9.79 Å². The van der Waals surface area contributed by atoms with Gasteiger partial charge in [0.1, 0.15) is 11.5 Å². The first kappa shape index (κ1) is 42.5. The van der Waals surface area contributed by atoms with Crippen LogP contribution in [-0.4, -0.2) is 9.79 Å². The summed E-state index contributed by atoms with van der Waals surface area (Å²) in [6.07, 6.45) is 15.7. The summed E-state index contributed by atoms with van der Waals surface area (Å²) in [7, 11) is -9.44. The molecule has 2 aromatic rings. The van der Waals surface area contributed by atoms with Crippen molar-refractivity contribution in [1.82, 2.24) is 0 Å². The van der Waals surface area contributed by atoms with E-state index in [1.807, 2.05) is 24.3 Å². The third kappa shape index (κ3) is 22.9. The van der Waals surface area contributed by atoms with E-state index in [0.717, 1.165) is 49.7 Å². The molecule has 8 nitrogen and oxygen atoms in total. The van der Waals surface area contributed by atoms with Crippen LogP contribution in [0.2, 0.25) is 0 Å². The third-order valence-corrected chi connectivity index (χ3v) is 6.83. The van der Waals surface area contributed by atoms with Gasteiger partial charge in [-0.1, -0.05) is 114 Å². The molecule has 0 heterocycles. The van der Waals surface area contributed by atoms with Gasteiger partial charge >= 0.3 is 74.8 Å². The van der Waals surface area contributed by atoms with E-state index >= 15 is 0 Å². The minimum Gasteiger partial charge on any atom is -0.746 e. The third-order valence-electron chi connectivity index (χ3n) is 5.97. The molecular formula is C28H44Na2O8P2. The van der Waals surface area contributed by atoms with Crippen molar-refractivity contribution < 1.29 is 96.9 Å². The fourth-order valence-electron chi connectivity index (χ4n) is 4.04. The minimum absolute atomic E-state index is 0. The number of unbranched alkanes of at least 4 members (excludes halogenated alkanes) is 10. The molecule has 40 heavy (non-hydrogen) atoms. The molecule has 2 unspecified atom stereocenters. The van der Waals surface area contributed by atoms with Gasteiger partial charge in [-0.15, -0.1) is 0 Å². The van der Waals surface area contributed by atoms with Gasteiger partial charge in [0.15, 0.2) is 0 Å². The van der Waals surface area contributed by atoms with E-state index in [1.165, 1.54) is 51.4 Å². The van der Waals surface area contributed by atoms with Crippen LogP contribution in [0.25, 0.3) is 0 Å². The second-order valence-electron chi connectivity index (χ2n) is 9.37. The summed E-state index contributed by atoms with van der Waals surface area (Å²) in [6.45, 7) is 4.37.